The highest BCUT2D eigenvalue weighted by Crippen LogP contribution is 2.41. The van der Waals surface area contributed by atoms with Gasteiger partial charge in [0, 0.05) is 28.9 Å². The van der Waals surface area contributed by atoms with Crippen LogP contribution >= 0.6 is 0 Å². The second-order valence-electron chi connectivity index (χ2n) is 5.28. The Kier molecular flexibility index (Phi) is 2.79. The Labute approximate surface area is 119 Å². The minimum absolute atomic E-state index is 0.0450. The van der Waals surface area contributed by atoms with Gasteiger partial charge in [-0.3, -0.25) is 15.1 Å². The summed E-state index contributed by atoms with van der Waals surface area (Å²) in [5.41, 5.74) is 0.896. The lowest BCUT2D eigenvalue weighted by atomic mass is 10.1. The molecule has 1 aromatic heterocycles. The van der Waals surface area contributed by atoms with Crippen molar-refractivity contribution in [3.63, 3.8) is 0 Å². The van der Waals surface area contributed by atoms with E-state index in [1.165, 1.54) is 12.1 Å². The predicted molar refractivity (Wildman–Crippen MR) is 76.4 cm³/mol. The van der Waals surface area contributed by atoms with Crippen LogP contribution in [0.1, 0.15) is 18.5 Å². The first-order chi connectivity index (χ1) is 9.91. The third-order valence-corrected chi connectivity index (χ3v) is 3.66. The molecule has 0 spiro atoms. The summed E-state index contributed by atoms with van der Waals surface area (Å²) < 4.78 is 0. The SMILES string of the molecule is Cc1cc(NC2(C(=O)O)CC2)c2cc([N+](=O)[O-])ccc2n1. The Hall–Kier alpha value is -2.70. The molecule has 1 aromatic carbocycles. The molecule has 0 bridgehead atoms. The summed E-state index contributed by atoms with van der Waals surface area (Å²) in [4.78, 5) is 26.0. The molecule has 0 saturated heterocycles. The fourth-order valence-corrected chi connectivity index (χ4v) is 2.34. The Morgan fingerprint density at radius 3 is 2.71 bits per heavy atom. The van der Waals surface area contributed by atoms with Gasteiger partial charge < -0.3 is 10.4 Å². The van der Waals surface area contributed by atoms with E-state index in [1.807, 2.05) is 0 Å². The number of nitrogens with zero attached hydrogens (tertiary/aromatic N) is 2. The summed E-state index contributed by atoms with van der Waals surface area (Å²) in [6, 6.07) is 6.10. The van der Waals surface area contributed by atoms with E-state index in [9.17, 15) is 20.0 Å². The molecule has 108 valence electrons. The summed E-state index contributed by atoms with van der Waals surface area (Å²) in [5.74, 6) is -0.907. The largest absolute Gasteiger partial charge is 0.480 e. The van der Waals surface area contributed by atoms with Crippen molar-refractivity contribution in [3.05, 3.63) is 40.1 Å². The number of non-ortho nitro benzene ring substituents is 1. The summed E-state index contributed by atoms with van der Waals surface area (Å²) in [6.45, 7) is 1.80. The molecule has 7 nitrogen and oxygen atoms in total. The topological polar surface area (TPSA) is 105 Å². The van der Waals surface area contributed by atoms with Crippen molar-refractivity contribution >= 4 is 28.2 Å². The Balaban J connectivity index is 2.13. The summed E-state index contributed by atoms with van der Waals surface area (Å²) in [6.07, 6.45) is 1.08. The number of carboxylic acids is 1. The maximum Gasteiger partial charge on any atom is 0.329 e. The number of nitro benzene ring substituents is 1. The molecule has 2 N–H and O–H groups in total. The molecular formula is C14H13N3O4. The van der Waals surface area contributed by atoms with Crippen LogP contribution in [0.3, 0.4) is 0 Å². The van der Waals surface area contributed by atoms with E-state index < -0.39 is 16.4 Å². The molecule has 2 aromatic rings. The van der Waals surface area contributed by atoms with E-state index in [-0.39, 0.29) is 5.69 Å². The van der Waals surface area contributed by atoms with Crippen molar-refractivity contribution < 1.29 is 14.8 Å². The van der Waals surface area contributed by atoms with Gasteiger partial charge in [0.1, 0.15) is 5.54 Å². The van der Waals surface area contributed by atoms with Crippen LogP contribution in [0.2, 0.25) is 0 Å². The van der Waals surface area contributed by atoms with Crippen LogP contribution in [0.4, 0.5) is 11.4 Å². The average molecular weight is 287 g/mol. The molecule has 0 radical (unpaired) electrons. The van der Waals surface area contributed by atoms with Crippen molar-refractivity contribution in [2.45, 2.75) is 25.3 Å². The Bertz CT molecular complexity index is 768. The number of carbonyl (C=O) groups is 1. The van der Waals surface area contributed by atoms with Gasteiger partial charge in [0.15, 0.2) is 0 Å². The van der Waals surface area contributed by atoms with Crippen molar-refractivity contribution in [2.24, 2.45) is 0 Å². The third-order valence-electron chi connectivity index (χ3n) is 3.66. The molecular weight excluding hydrogens is 274 g/mol. The van der Waals surface area contributed by atoms with Crippen molar-refractivity contribution in [1.82, 2.24) is 4.98 Å². The van der Waals surface area contributed by atoms with Crippen LogP contribution in [0.25, 0.3) is 10.9 Å². The standard InChI is InChI=1S/C14H13N3O4/c1-8-6-12(16-14(4-5-14)13(18)19)10-7-9(17(20)21)2-3-11(10)15-8/h2-3,6-7H,4-5H2,1H3,(H,15,16)(H,18,19). The lowest BCUT2D eigenvalue weighted by molar-refractivity contribution is -0.384. The van der Waals surface area contributed by atoms with Crippen molar-refractivity contribution in [3.8, 4) is 0 Å². The van der Waals surface area contributed by atoms with E-state index >= 15 is 0 Å². The smallest absolute Gasteiger partial charge is 0.329 e. The maximum absolute atomic E-state index is 11.3. The van der Waals surface area contributed by atoms with Gasteiger partial charge >= 0.3 is 5.97 Å². The first-order valence-corrected chi connectivity index (χ1v) is 6.49. The molecule has 0 atom stereocenters. The van der Waals surface area contributed by atoms with Crippen molar-refractivity contribution in [1.29, 1.82) is 0 Å². The number of aliphatic carboxylic acids is 1. The Morgan fingerprint density at radius 1 is 1.43 bits per heavy atom. The van der Waals surface area contributed by atoms with E-state index in [0.717, 1.165) is 5.69 Å². The first kappa shape index (κ1) is 13.3. The maximum atomic E-state index is 11.3. The number of nitro groups is 1. The fraction of sp³-hybridized carbons (Fsp3) is 0.286. The molecule has 1 aliphatic rings. The monoisotopic (exact) mass is 287 g/mol. The number of aryl methyl sites for hydroxylation is 1. The summed E-state index contributed by atoms with van der Waals surface area (Å²) >= 11 is 0. The fourth-order valence-electron chi connectivity index (χ4n) is 2.34. The zero-order valence-electron chi connectivity index (χ0n) is 11.3. The van der Waals surface area contributed by atoms with Crippen molar-refractivity contribution in [2.75, 3.05) is 5.32 Å². The third kappa shape index (κ3) is 2.26. The highest BCUT2D eigenvalue weighted by atomic mass is 16.6. The van der Waals surface area contributed by atoms with Crippen LogP contribution in [-0.4, -0.2) is 26.5 Å². The second-order valence-corrected chi connectivity index (χ2v) is 5.28. The summed E-state index contributed by atoms with van der Waals surface area (Å²) in [5, 5.41) is 23.7. The number of aromatic nitrogens is 1. The number of pyridine rings is 1. The van der Waals surface area contributed by atoms with E-state index in [0.29, 0.717) is 29.4 Å². The highest BCUT2D eigenvalue weighted by Gasteiger charge is 2.50. The lowest BCUT2D eigenvalue weighted by Crippen LogP contribution is -2.31. The van der Waals surface area contributed by atoms with Gasteiger partial charge in [-0.2, -0.15) is 0 Å². The van der Waals surface area contributed by atoms with Crippen LogP contribution < -0.4 is 5.32 Å². The highest BCUT2D eigenvalue weighted by molar-refractivity contribution is 5.96. The number of carboxylic acid groups (broad SMARTS) is 1. The van der Waals surface area contributed by atoms with Gasteiger partial charge in [0.2, 0.25) is 0 Å². The quantitative estimate of drug-likeness (QED) is 0.661. The van der Waals surface area contributed by atoms with E-state index in [2.05, 4.69) is 10.3 Å². The number of fused-ring (bicyclic) bond motifs is 1. The molecule has 7 heteroatoms. The van der Waals surface area contributed by atoms with Crippen LogP contribution in [0, 0.1) is 17.0 Å². The molecule has 1 saturated carbocycles. The minimum atomic E-state index is -0.953. The van der Waals surface area contributed by atoms with Crippen LogP contribution in [0.15, 0.2) is 24.3 Å². The molecule has 1 heterocycles. The van der Waals surface area contributed by atoms with E-state index in [1.54, 1.807) is 19.1 Å². The molecule has 21 heavy (non-hydrogen) atoms. The van der Waals surface area contributed by atoms with Gasteiger partial charge in [0.25, 0.3) is 5.69 Å². The van der Waals surface area contributed by atoms with Gasteiger partial charge in [-0.1, -0.05) is 0 Å². The molecule has 1 fully saturated rings. The number of hydrogen-bond donors (Lipinski definition) is 2. The number of nitrogens with one attached hydrogen (secondary N) is 1. The molecule has 0 unspecified atom stereocenters. The number of rotatable bonds is 4. The zero-order chi connectivity index (χ0) is 15.2. The average Bonchev–Trinajstić information content (AvgIpc) is 3.19. The van der Waals surface area contributed by atoms with Gasteiger partial charge in [0.05, 0.1) is 10.4 Å². The number of hydrogen-bond acceptors (Lipinski definition) is 5. The molecule has 0 amide bonds. The number of anilines is 1. The van der Waals surface area contributed by atoms with Gasteiger partial charge in [-0.05, 0) is 31.9 Å². The normalized spacial score (nSPS) is 15.7. The second kappa shape index (κ2) is 4.41. The first-order valence-electron chi connectivity index (χ1n) is 6.49. The number of benzene rings is 1. The molecule has 0 aliphatic heterocycles. The van der Waals surface area contributed by atoms with Crippen LogP contribution in [0.5, 0.6) is 0 Å². The minimum Gasteiger partial charge on any atom is -0.480 e. The van der Waals surface area contributed by atoms with Gasteiger partial charge in [-0.15, -0.1) is 0 Å². The van der Waals surface area contributed by atoms with Crippen LogP contribution in [-0.2, 0) is 4.79 Å². The molecule has 3 rings (SSSR count). The zero-order valence-corrected chi connectivity index (χ0v) is 11.3. The Morgan fingerprint density at radius 2 is 2.14 bits per heavy atom. The lowest BCUT2D eigenvalue weighted by Gasteiger charge is -2.16. The van der Waals surface area contributed by atoms with Gasteiger partial charge in [-0.25, -0.2) is 4.79 Å². The van der Waals surface area contributed by atoms with E-state index in [4.69, 9.17) is 0 Å². The summed E-state index contributed by atoms with van der Waals surface area (Å²) in [7, 11) is 0. The molecule has 1 aliphatic carbocycles. The predicted octanol–water partition coefficient (Wildman–Crippen LogP) is 2.48.